The molecule has 0 spiro atoms. The lowest BCUT2D eigenvalue weighted by Crippen LogP contribution is -2.23. The Kier molecular flexibility index (Phi) is 3.71. The molecule has 0 bridgehead atoms. The summed E-state index contributed by atoms with van der Waals surface area (Å²) in [5, 5.41) is 0. The fourth-order valence-electron chi connectivity index (χ4n) is 2.75. The first-order valence-electron chi connectivity index (χ1n) is 6.91. The minimum Gasteiger partial charge on any atom is -0.493 e. The summed E-state index contributed by atoms with van der Waals surface area (Å²) in [5.74, 6) is 0.546. The van der Waals surface area contributed by atoms with Gasteiger partial charge >= 0.3 is 0 Å². The number of ether oxygens (including phenoxy) is 2. The minimum atomic E-state index is -0.305. The Morgan fingerprint density at radius 2 is 2.00 bits per heavy atom. The van der Waals surface area contributed by atoms with E-state index in [0.29, 0.717) is 30.2 Å². The highest BCUT2D eigenvalue weighted by Gasteiger charge is 2.32. The molecule has 114 valence electrons. The maximum atomic E-state index is 13.3. The quantitative estimate of drug-likeness (QED) is 0.871. The zero-order valence-electron chi connectivity index (χ0n) is 12.4. The Morgan fingerprint density at radius 1 is 1.18 bits per heavy atom. The molecule has 4 nitrogen and oxygen atoms in total. The van der Waals surface area contributed by atoms with Crippen molar-refractivity contribution in [2.75, 3.05) is 14.2 Å². The highest BCUT2D eigenvalue weighted by atomic mass is 19.1. The molecule has 22 heavy (non-hydrogen) atoms. The van der Waals surface area contributed by atoms with Crippen molar-refractivity contribution in [2.24, 2.45) is 0 Å². The number of benzene rings is 2. The van der Waals surface area contributed by atoms with E-state index in [4.69, 9.17) is 9.47 Å². The molecule has 0 saturated carbocycles. The Labute approximate surface area is 128 Å². The molecular weight excluding hydrogens is 285 g/mol. The molecule has 2 aromatic rings. The van der Waals surface area contributed by atoms with Gasteiger partial charge in [0.25, 0.3) is 5.91 Å². The van der Waals surface area contributed by atoms with E-state index >= 15 is 0 Å². The van der Waals surface area contributed by atoms with E-state index in [1.807, 2.05) is 6.07 Å². The molecule has 0 saturated heterocycles. The number of carbonyl (C=O) groups is 1. The fourth-order valence-corrected chi connectivity index (χ4v) is 2.75. The van der Waals surface area contributed by atoms with Crippen molar-refractivity contribution in [3.8, 4) is 11.5 Å². The third kappa shape index (κ3) is 2.39. The summed E-state index contributed by atoms with van der Waals surface area (Å²) in [4.78, 5) is 14.3. The van der Waals surface area contributed by atoms with Gasteiger partial charge in [0.1, 0.15) is 5.82 Å². The van der Waals surface area contributed by atoms with Crippen LogP contribution in [0.5, 0.6) is 11.5 Å². The maximum absolute atomic E-state index is 13.3. The molecule has 0 atom stereocenters. The summed E-state index contributed by atoms with van der Waals surface area (Å²) < 4.78 is 23.8. The van der Waals surface area contributed by atoms with Crippen LogP contribution in [0.25, 0.3) is 0 Å². The SMILES string of the molecule is COc1ccc2c(c1OC)C(=O)N(Cc1cccc(F)c1)C2. The normalized spacial score (nSPS) is 13.2. The number of methoxy groups -OCH3 is 2. The van der Waals surface area contributed by atoms with Crippen molar-refractivity contribution in [1.29, 1.82) is 0 Å². The second kappa shape index (κ2) is 5.67. The van der Waals surface area contributed by atoms with Crippen molar-refractivity contribution in [3.63, 3.8) is 0 Å². The number of nitrogens with zero attached hydrogens (tertiary/aromatic N) is 1. The van der Waals surface area contributed by atoms with Gasteiger partial charge in [0.05, 0.1) is 19.8 Å². The van der Waals surface area contributed by atoms with Gasteiger partial charge in [-0.05, 0) is 29.3 Å². The molecule has 0 N–H and O–H groups in total. The summed E-state index contributed by atoms with van der Waals surface area (Å²) in [6.07, 6.45) is 0. The monoisotopic (exact) mass is 301 g/mol. The molecule has 1 heterocycles. The largest absolute Gasteiger partial charge is 0.493 e. The standard InChI is InChI=1S/C17H16FNO3/c1-21-14-7-6-12-10-19(17(20)15(12)16(14)22-2)9-11-4-3-5-13(18)8-11/h3-8H,9-10H2,1-2H3. The summed E-state index contributed by atoms with van der Waals surface area (Å²) >= 11 is 0. The topological polar surface area (TPSA) is 38.8 Å². The van der Waals surface area contributed by atoms with Crippen LogP contribution in [-0.4, -0.2) is 25.0 Å². The van der Waals surface area contributed by atoms with E-state index in [2.05, 4.69) is 0 Å². The fraction of sp³-hybridized carbons (Fsp3) is 0.235. The Balaban J connectivity index is 1.91. The molecule has 5 heteroatoms. The first kappa shape index (κ1) is 14.4. The third-order valence-corrected chi connectivity index (χ3v) is 3.76. The molecule has 0 aliphatic carbocycles. The number of halogens is 1. The zero-order valence-corrected chi connectivity index (χ0v) is 12.4. The highest BCUT2D eigenvalue weighted by molar-refractivity contribution is 6.01. The van der Waals surface area contributed by atoms with Gasteiger partial charge < -0.3 is 14.4 Å². The number of rotatable bonds is 4. The Bertz CT molecular complexity index is 730. The lowest BCUT2D eigenvalue weighted by molar-refractivity contribution is 0.0763. The third-order valence-electron chi connectivity index (χ3n) is 3.76. The van der Waals surface area contributed by atoms with E-state index in [1.54, 1.807) is 23.1 Å². The number of carbonyl (C=O) groups excluding carboxylic acids is 1. The summed E-state index contributed by atoms with van der Waals surface area (Å²) in [6.45, 7) is 0.835. The predicted octanol–water partition coefficient (Wildman–Crippen LogP) is 3.00. The van der Waals surface area contributed by atoms with Gasteiger partial charge in [0.2, 0.25) is 0 Å². The van der Waals surface area contributed by atoms with Crippen molar-refractivity contribution in [1.82, 2.24) is 4.90 Å². The van der Waals surface area contributed by atoms with Crippen LogP contribution >= 0.6 is 0 Å². The van der Waals surface area contributed by atoms with Crippen LogP contribution in [-0.2, 0) is 13.1 Å². The second-order valence-corrected chi connectivity index (χ2v) is 5.13. The van der Waals surface area contributed by atoms with E-state index in [0.717, 1.165) is 11.1 Å². The molecule has 0 unspecified atom stereocenters. The Morgan fingerprint density at radius 3 is 2.68 bits per heavy atom. The van der Waals surface area contributed by atoms with Crippen LogP contribution in [0.1, 0.15) is 21.5 Å². The molecule has 1 amide bonds. The van der Waals surface area contributed by atoms with Crippen molar-refractivity contribution >= 4 is 5.91 Å². The summed E-state index contributed by atoms with van der Waals surface area (Å²) in [7, 11) is 3.05. The van der Waals surface area contributed by atoms with Crippen LogP contribution in [0.15, 0.2) is 36.4 Å². The Hall–Kier alpha value is -2.56. The molecule has 0 fully saturated rings. The zero-order chi connectivity index (χ0) is 15.7. The molecule has 2 aromatic carbocycles. The number of hydrogen-bond donors (Lipinski definition) is 0. The average Bonchev–Trinajstić information content (AvgIpc) is 2.83. The van der Waals surface area contributed by atoms with E-state index in [9.17, 15) is 9.18 Å². The average molecular weight is 301 g/mol. The predicted molar refractivity (Wildman–Crippen MR) is 79.5 cm³/mol. The maximum Gasteiger partial charge on any atom is 0.258 e. The van der Waals surface area contributed by atoms with Crippen molar-refractivity contribution < 1.29 is 18.7 Å². The molecule has 3 rings (SSSR count). The van der Waals surface area contributed by atoms with Crippen LogP contribution < -0.4 is 9.47 Å². The van der Waals surface area contributed by atoms with Crippen molar-refractivity contribution in [3.05, 3.63) is 58.9 Å². The van der Waals surface area contributed by atoms with Crippen LogP contribution in [0, 0.1) is 5.82 Å². The van der Waals surface area contributed by atoms with Crippen LogP contribution in [0.4, 0.5) is 4.39 Å². The van der Waals surface area contributed by atoms with Crippen molar-refractivity contribution in [2.45, 2.75) is 13.1 Å². The van der Waals surface area contributed by atoms with Gasteiger partial charge in [-0.1, -0.05) is 18.2 Å². The van der Waals surface area contributed by atoms with Crippen LogP contribution in [0.3, 0.4) is 0 Å². The van der Waals surface area contributed by atoms with E-state index in [1.165, 1.54) is 26.4 Å². The molecule has 1 aliphatic rings. The van der Waals surface area contributed by atoms with Gasteiger partial charge in [-0.15, -0.1) is 0 Å². The first-order valence-corrected chi connectivity index (χ1v) is 6.91. The number of fused-ring (bicyclic) bond motifs is 1. The first-order chi connectivity index (χ1) is 10.6. The molecular formula is C17H16FNO3. The van der Waals surface area contributed by atoms with Gasteiger partial charge in [-0.2, -0.15) is 0 Å². The van der Waals surface area contributed by atoms with E-state index in [-0.39, 0.29) is 11.7 Å². The minimum absolute atomic E-state index is 0.130. The number of amides is 1. The smallest absolute Gasteiger partial charge is 0.258 e. The van der Waals surface area contributed by atoms with Gasteiger partial charge in [0, 0.05) is 13.1 Å². The molecule has 0 aromatic heterocycles. The highest BCUT2D eigenvalue weighted by Crippen LogP contribution is 2.38. The van der Waals surface area contributed by atoms with E-state index < -0.39 is 0 Å². The van der Waals surface area contributed by atoms with Gasteiger partial charge in [-0.3, -0.25) is 4.79 Å². The summed E-state index contributed by atoms with van der Waals surface area (Å²) in [5.41, 5.74) is 2.17. The van der Waals surface area contributed by atoms with Crippen LogP contribution in [0.2, 0.25) is 0 Å². The lowest BCUT2D eigenvalue weighted by Gasteiger charge is -2.16. The molecule has 1 aliphatic heterocycles. The number of hydrogen-bond acceptors (Lipinski definition) is 3. The second-order valence-electron chi connectivity index (χ2n) is 5.13. The lowest BCUT2D eigenvalue weighted by atomic mass is 10.1. The van der Waals surface area contributed by atoms with Gasteiger partial charge in [0.15, 0.2) is 11.5 Å². The molecule has 0 radical (unpaired) electrons. The van der Waals surface area contributed by atoms with Gasteiger partial charge in [-0.25, -0.2) is 4.39 Å². The summed E-state index contributed by atoms with van der Waals surface area (Å²) in [6, 6.07) is 9.92.